The Labute approximate surface area is 556 Å². The summed E-state index contributed by atoms with van der Waals surface area (Å²) in [5, 5.41) is 10.5. The van der Waals surface area contributed by atoms with E-state index in [9.17, 15) is 43.2 Å². The zero-order valence-electron chi connectivity index (χ0n) is 59.0. The SMILES string of the molecule is CCCCCCCCCCCCCCCCCCCCCCCC(=O)O[C@H](COC(=O)CCCCCCCCCCCCCCCCC(C)CC)COP(=O)(O)OC[C@@H](O)COP(=O)(O)OC[C@@H](COC(=O)CCCCCCC)OC(=O)CCCCCCCCC. The second kappa shape index (κ2) is 65.4. The van der Waals surface area contributed by atoms with Crippen molar-refractivity contribution in [1.29, 1.82) is 0 Å². The Morgan fingerprint density at radius 2 is 0.527 bits per heavy atom. The van der Waals surface area contributed by atoms with E-state index in [0.29, 0.717) is 25.7 Å². The van der Waals surface area contributed by atoms with E-state index in [-0.39, 0.29) is 25.7 Å². The van der Waals surface area contributed by atoms with Crippen LogP contribution in [0.1, 0.15) is 375 Å². The molecule has 0 fully saturated rings. The molecule has 540 valence electrons. The van der Waals surface area contributed by atoms with Gasteiger partial charge < -0.3 is 33.8 Å². The molecule has 0 aromatic rings. The minimum atomic E-state index is -4.95. The summed E-state index contributed by atoms with van der Waals surface area (Å²) in [4.78, 5) is 72.1. The fourth-order valence-electron chi connectivity index (χ4n) is 11.0. The van der Waals surface area contributed by atoms with E-state index in [1.807, 2.05) is 0 Å². The largest absolute Gasteiger partial charge is 0.472 e. The van der Waals surface area contributed by atoms with Crippen LogP contribution < -0.4 is 0 Å². The molecule has 0 aliphatic carbocycles. The maximum Gasteiger partial charge on any atom is 0.472 e. The minimum Gasteiger partial charge on any atom is -0.462 e. The van der Waals surface area contributed by atoms with Crippen molar-refractivity contribution in [3.05, 3.63) is 0 Å². The predicted molar refractivity (Wildman–Crippen MR) is 368 cm³/mol. The lowest BCUT2D eigenvalue weighted by atomic mass is 9.99. The highest BCUT2D eigenvalue weighted by Crippen LogP contribution is 2.45. The fraction of sp³-hybridized carbons (Fsp3) is 0.944. The number of carbonyl (C=O) groups is 4. The number of esters is 4. The molecular weight excluding hydrogens is 1200 g/mol. The molecule has 0 bridgehead atoms. The molecule has 0 aromatic heterocycles. The molecule has 3 N–H and O–H groups in total. The lowest BCUT2D eigenvalue weighted by molar-refractivity contribution is -0.161. The third-order valence-corrected chi connectivity index (χ3v) is 19.0. The molecule has 0 amide bonds. The predicted octanol–water partition coefficient (Wildman–Crippen LogP) is 20.9. The first-order valence-corrected chi connectivity index (χ1v) is 40.7. The lowest BCUT2D eigenvalue weighted by Crippen LogP contribution is -2.30. The van der Waals surface area contributed by atoms with Crippen LogP contribution in [-0.2, 0) is 65.4 Å². The van der Waals surface area contributed by atoms with Crippen LogP contribution in [0.15, 0.2) is 0 Å². The van der Waals surface area contributed by atoms with E-state index >= 15 is 0 Å². The Bertz CT molecular complexity index is 1760. The average molecular weight is 1340 g/mol. The van der Waals surface area contributed by atoms with Crippen molar-refractivity contribution in [3.8, 4) is 0 Å². The molecular formula is C72H140O17P2. The summed E-state index contributed by atoms with van der Waals surface area (Å²) < 4.78 is 68.0. The lowest BCUT2D eigenvalue weighted by Gasteiger charge is -2.21. The molecule has 91 heavy (non-hydrogen) atoms. The summed E-state index contributed by atoms with van der Waals surface area (Å²) in [6.45, 7) is 7.17. The average Bonchev–Trinajstić information content (AvgIpc) is 2.90. The van der Waals surface area contributed by atoms with Crippen LogP contribution in [0.3, 0.4) is 0 Å². The molecule has 0 spiro atoms. The van der Waals surface area contributed by atoms with Gasteiger partial charge in [0.15, 0.2) is 12.2 Å². The molecule has 0 aliphatic rings. The van der Waals surface area contributed by atoms with Gasteiger partial charge in [-0.2, -0.15) is 0 Å². The number of ether oxygens (including phenoxy) is 4. The smallest absolute Gasteiger partial charge is 0.462 e. The van der Waals surface area contributed by atoms with Crippen molar-refractivity contribution in [2.45, 2.75) is 393 Å². The maximum absolute atomic E-state index is 13.1. The number of hydrogen-bond donors (Lipinski definition) is 3. The maximum atomic E-state index is 13.1. The Morgan fingerprint density at radius 3 is 0.780 bits per heavy atom. The monoisotopic (exact) mass is 1340 g/mol. The van der Waals surface area contributed by atoms with Gasteiger partial charge in [0, 0.05) is 25.7 Å². The summed E-state index contributed by atoms with van der Waals surface area (Å²) in [5.41, 5.74) is 0. The summed E-state index contributed by atoms with van der Waals surface area (Å²) in [5.74, 6) is -1.29. The van der Waals surface area contributed by atoms with Gasteiger partial charge in [0.25, 0.3) is 0 Å². The molecule has 3 unspecified atom stereocenters. The van der Waals surface area contributed by atoms with Crippen molar-refractivity contribution < 1.29 is 80.2 Å². The second-order valence-electron chi connectivity index (χ2n) is 26.2. The van der Waals surface area contributed by atoms with E-state index in [4.69, 9.17) is 37.0 Å². The van der Waals surface area contributed by atoms with Crippen molar-refractivity contribution >= 4 is 39.5 Å². The summed E-state index contributed by atoms with van der Waals surface area (Å²) in [7, 11) is -9.88. The van der Waals surface area contributed by atoms with Gasteiger partial charge in [-0.1, -0.05) is 324 Å². The summed E-state index contributed by atoms with van der Waals surface area (Å²) in [6.07, 6.45) is 53.5. The zero-order chi connectivity index (χ0) is 67.0. The Hall–Kier alpha value is -1.94. The van der Waals surface area contributed by atoms with Gasteiger partial charge in [-0.25, -0.2) is 9.13 Å². The number of aliphatic hydroxyl groups is 1. The molecule has 19 heteroatoms. The first-order chi connectivity index (χ1) is 44.1. The van der Waals surface area contributed by atoms with Gasteiger partial charge in [-0.05, 0) is 31.6 Å². The highest BCUT2D eigenvalue weighted by atomic mass is 31.2. The molecule has 0 rings (SSSR count). The van der Waals surface area contributed by atoms with Crippen molar-refractivity contribution in [2.24, 2.45) is 5.92 Å². The second-order valence-corrected chi connectivity index (χ2v) is 29.1. The summed E-state index contributed by atoms with van der Waals surface area (Å²) >= 11 is 0. The van der Waals surface area contributed by atoms with Crippen LogP contribution in [0.5, 0.6) is 0 Å². The zero-order valence-corrected chi connectivity index (χ0v) is 60.8. The number of hydrogen-bond acceptors (Lipinski definition) is 15. The van der Waals surface area contributed by atoms with Crippen LogP contribution in [0, 0.1) is 5.92 Å². The normalized spacial score (nSPS) is 14.3. The van der Waals surface area contributed by atoms with Crippen LogP contribution in [-0.4, -0.2) is 96.7 Å². The van der Waals surface area contributed by atoms with E-state index < -0.39 is 97.5 Å². The van der Waals surface area contributed by atoms with Crippen LogP contribution in [0.2, 0.25) is 0 Å². The molecule has 17 nitrogen and oxygen atoms in total. The fourth-order valence-corrected chi connectivity index (χ4v) is 12.5. The van der Waals surface area contributed by atoms with E-state index in [1.54, 1.807) is 0 Å². The Morgan fingerprint density at radius 1 is 0.308 bits per heavy atom. The first kappa shape index (κ1) is 89.1. The number of rotatable bonds is 72. The van der Waals surface area contributed by atoms with Crippen molar-refractivity contribution in [1.82, 2.24) is 0 Å². The van der Waals surface area contributed by atoms with Crippen molar-refractivity contribution in [3.63, 3.8) is 0 Å². The molecule has 0 saturated carbocycles. The van der Waals surface area contributed by atoms with Gasteiger partial charge >= 0.3 is 39.5 Å². The number of unbranched alkanes of at least 4 members (excludes halogenated alkanes) is 43. The highest BCUT2D eigenvalue weighted by Gasteiger charge is 2.30. The molecule has 0 saturated heterocycles. The van der Waals surface area contributed by atoms with Gasteiger partial charge in [0.1, 0.15) is 19.3 Å². The van der Waals surface area contributed by atoms with Gasteiger partial charge in [-0.15, -0.1) is 0 Å². The number of carbonyl (C=O) groups excluding carboxylic acids is 4. The number of phosphoric ester groups is 2. The van der Waals surface area contributed by atoms with E-state index in [0.717, 1.165) is 115 Å². The Balaban J connectivity index is 5.07. The standard InChI is InChI=1S/C72H140O17P2/c1-6-10-13-16-18-19-20-21-22-23-24-25-26-27-28-33-36-39-43-48-53-58-72(77)89-68(62-83-70(75)56-51-46-42-38-35-32-30-29-31-34-37-41-45-49-54-65(5)9-4)64-87-91(80,81)85-60-66(73)59-84-90(78,79)86-63-67(61-82-69(74)55-50-44-15-12-8-3)88-71(76)57-52-47-40-17-14-11-7-2/h65-68,73H,6-64H2,1-5H3,(H,78,79)(H,80,81)/t65?,66-,67+,68+/m0/s1. The molecule has 6 atom stereocenters. The third-order valence-electron chi connectivity index (χ3n) is 17.1. The minimum absolute atomic E-state index is 0.103. The molecule has 0 radical (unpaired) electrons. The third kappa shape index (κ3) is 65.1. The van der Waals surface area contributed by atoms with Crippen LogP contribution in [0.4, 0.5) is 0 Å². The van der Waals surface area contributed by atoms with Crippen LogP contribution in [0.25, 0.3) is 0 Å². The van der Waals surface area contributed by atoms with Gasteiger partial charge in [0.2, 0.25) is 0 Å². The Kier molecular flexibility index (Phi) is 64.0. The quantitative estimate of drug-likeness (QED) is 0.0222. The van der Waals surface area contributed by atoms with Gasteiger partial charge in [0.05, 0.1) is 26.4 Å². The highest BCUT2D eigenvalue weighted by molar-refractivity contribution is 7.47. The van der Waals surface area contributed by atoms with E-state index in [1.165, 1.54) is 180 Å². The van der Waals surface area contributed by atoms with Gasteiger partial charge in [-0.3, -0.25) is 37.3 Å². The molecule has 0 heterocycles. The molecule has 0 aliphatic heterocycles. The van der Waals surface area contributed by atoms with Crippen LogP contribution >= 0.6 is 15.6 Å². The summed E-state index contributed by atoms with van der Waals surface area (Å²) in [6, 6.07) is 0. The molecule has 0 aromatic carbocycles. The topological polar surface area (TPSA) is 237 Å². The van der Waals surface area contributed by atoms with Crippen molar-refractivity contribution in [2.75, 3.05) is 39.6 Å². The number of aliphatic hydroxyl groups excluding tert-OH is 1. The number of phosphoric acid groups is 2. The van der Waals surface area contributed by atoms with E-state index in [2.05, 4.69) is 34.6 Å². The first-order valence-electron chi connectivity index (χ1n) is 37.7.